The smallest absolute Gasteiger partial charge is 0.459 e. The van der Waals surface area contributed by atoms with Crippen LogP contribution in [0.25, 0.3) is 11.2 Å². The Morgan fingerprint density at radius 1 is 1.25 bits per heavy atom. The first-order chi connectivity index (χ1) is 18.9. The number of benzene rings is 1. The maximum absolute atomic E-state index is 15.4. The summed E-state index contributed by atoms with van der Waals surface area (Å²) in [6.07, 6.45) is -8.64. The van der Waals surface area contributed by atoms with E-state index in [1.807, 2.05) is 0 Å². The number of hydrogen-bond donors (Lipinski definition) is 3. The van der Waals surface area contributed by atoms with Crippen molar-refractivity contribution in [2.75, 3.05) is 12.3 Å². The maximum Gasteiger partial charge on any atom is 0.459 e. The Morgan fingerprint density at radius 3 is 2.60 bits per heavy atom. The molecule has 13 nitrogen and oxygen atoms in total. The number of halogens is 3. The lowest BCUT2D eigenvalue weighted by Gasteiger charge is -2.32. The third-order valence-corrected chi connectivity index (χ3v) is 7.56. The van der Waals surface area contributed by atoms with Gasteiger partial charge in [-0.05, 0) is 32.9 Å². The lowest BCUT2D eigenvalue weighted by atomic mass is 9.97. The highest BCUT2D eigenvalue weighted by atomic mass is 31.2. The first-order valence-corrected chi connectivity index (χ1v) is 13.6. The van der Waals surface area contributed by atoms with Crippen LogP contribution in [0.15, 0.2) is 43.0 Å². The predicted molar refractivity (Wildman–Crippen MR) is 134 cm³/mol. The third kappa shape index (κ3) is 5.90. The highest BCUT2D eigenvalue weighted by Gasteiger charge is 2.62. The van der Waals surface area contributed by atoms with E-state index in [0.29, 0.717) is 0 Å². The van der Waals surface area contributed by atoms with Gasteiger partial charge in [0.1, 0.15) is 29.7 Å². The minimum Gasteiger partial charge on any atom is -0.462 e. The number of esters is 1. The number of imidazole rings is 1. The molecule has 17 heteroatoms. The molecular weight excluding hydrogens is 560 g/mol. The van der Waals surface area contributed by atoms with Crippen molar-refractivity contribution < 1.29 is 46.2 Å². The van der Waals surface area contributed by atoms with Crippen molar-refractivity contribution >= 4 is 30.7 Å². The first kappa shape index (κ1) is 29.7. The van der Waals surface area contributed by atoms with Crippen LogP contribution in [0.4, 0.5) is 19.0 Å². The molecule has 0 radical (unpaired) electrons. The van der Waals surface area contributed by atoms with E-state index in [0.717, 1.165) is 17.2 Å². The molecule has 1 aliphatic heterocycles. The number of hydrogen-bond acceptors (Lipinski definition) is 11. The highest BCUT2D eigenvalue weighted by Crippen LogP contribution is 2.50. The Labute approximate surface area is 226 Å². The molecule has 1 aliphatic rings. The Hall–Kier alpha value is -3.30. The van der Waals surface area contributed by atoms with Crippen LogP contribution >= 0.6 is 7.75 Å². The largest absolute Gasteiger partial charge is 0.462 e. The van der Waals surface area contributed by atoms with Crippen LogP contribution in [0.2, 0.25) is 0 Å². The number of nitrogens with zero attached hydrogens (tertiary/aromatic N) is 4. The molecule has 3 aromatic rings. The van der Waals surface area contributed by atoms with E-state index < -0.39 is 63.0 Å². The summed E-state index contributed by atoms with van der Waals surface area (Å²) in [5, 5.41) is 13.0. The number of fused-ring (bicyclic) bond motifs is 1. The predicted octanol–water partition coefficient (Wildman–Crippen LogP) is 2.77. The van der Waals surface area contributed by atoms with E-state index in [4.69, 9.17) is 24.3 Å². The van der Waals surface area contributed by atoms with Gasteiger partial charge in [0.25, 0.3) is 6.43 Å². The average molecular weight is 588 g/mol. The van der Waals surface area contributed by atoms with Gasteiger partial charge in [-0.1, -0.05) is 18.2 Å². The number of nitrogens with two attached hydrogens (primary N) is 1. The fourth-order valence-corrected chi connectivity index (χ4v) is 5.47. The molecule has 2 aromatic heterocycles. The summed E-state index contributed by atoms with van der Waals surface area (Å²) in [7, 11) is -4.66. The van der Waals surface area contributed by atoms with Crippen LogP contribution in [-0.2, 0) is 23.4 Å². The first-order valence-electron chi connectivity index (χ1n) is 12.1. The van der Waals surface area contributed by atoms with Gasteiger partial charge in [-0.25, -0.2) is 32.7 Å². The second-order valence-corrected chi connectivity index (χ2v) is 10.9. The summed E-state index contributed by atoms with van der Waals surface area (Å²) >= 11 is 0. The van der Waals surface area contributed by atoms with Gasteiger partial charge in [0.05, 0.1) is 19.0 Å². The molecule has 0 saturated carbocycles. The molecule has 4 rings (SSSR count). The standard InChI is InChI=1S/C23H28F3N6O7P/c1-12(2)37-21(34)13(3)31-40(35,39-14-7-5-4-6-8-14)36-9-23(22(25)26)17(33)15(24)20(38-23)32-11-30-16-18(27)28-10-29-19(16)32/h4-8,10-13,15,17,20,22,33H,9H2,1-3H3,(H,31,35)(H2,27,28,29). The van der Waals surface area contributed by atoms with Crippen molar-refractivity contribution in [1.82, 2.24) is 24.6 Å². The number of para-hydroxylation sites is 1. The van der Waals surface area contributed by atoms with E-state index >= 15 is 4.39 Å². The number of carbonyl (C=O) groups is 1. The second kappa shape index (κ2) is 11.7. The summed E-state index contributed by atoms with van der Waals surface area (Å²) < 4.78 is 80.4. The van der Waals surface area contributed by atoms with Crippen molar-refractivity contribution in [2.24, 2.45) is 0 Å². The summed E-state index contributed by atoms with van der Waals surface area (Å²) in [6.45, 7) is 3.18. The lowest BCUT2D eigenvalue weighted by molar-refractivity contribution is -0.191. The molecule has 40 heavy (non-hydrogen) atoms. The summed E-state index contributed by atoms with van der Waals surface area (Å²) in [6, 6.07) is 6.27. The molecule has 6 unspecified atom stereocenters. The Bertz CT molecular complexity index is 1380. The number of carbonyl (C=O) groups excluding carboxylic acids is 1. The van der Waals surface area contributed by atoms with Gasteiger partial charge in [0.2, 0.25) is 0 Å². The molecule has 0 amide bonds. The number of anilines is 1. The molecule has 0 spiro atoms. The Kier molecular flexibility index (Phi) is 8.66. The summed E-state index contributed by atoms with van der Waals surface area (Å²) in [5.41, 5.74) is 2.76. The number of nitrogens with one attached hydrogen (secondary N) is 1. The zero-order chi connectivity index (χ0) is 29.2. The molecular formula is C23H28F3N6O7P. The van der Waals surface area contributed by atoms with E-state index in [-0.39, 0.29) is 22.7 Å². The van der Waals surface area contributed by atoms with Crippen molar-refractivity contribution in [2.45, 2.75) is 63.4 Å². The van der Waals surface area contributed by atoms with Crippen molar-refractivity contribution in [1.29, 1.82) is 0 Å². The van der Waals surface area contributed by atoms with E-state index in [2.05, 4.69) is 20.0 Å². The molecule has 4 N–H and O–H groups in total. The van der Waals surface area contributed by atoms with Gasteiger partial charge in [0, 0.05) is 0 Å². The van der Waals surface area contributed by atoms with Crippen LogP contribution < -0.4 is 15.3 Å². The average Bonchev–Trinajstić information content (AvgIpc) is 3.43. The van der Waals surface area contributed by atoms with E-state index in [9.17, 15) is 23.2 Å². The number of aromatic nitrogens is 4. The van der Waals surface area contributed by atoms with Crippen LogP contribution in [0, 0.1) is 0 Å². The van der Waals surface area contributed by atoms with E-state index in [1.54, 1.807) is 32.0 Å². The second-order valence-electron chi connectivity index (χ2n) is 9.25. The van der Waals surface area contributed by atoms with Gasteiger partial charge in [0.15, 0.2) is 29.5 Å². The van der Waals surface area contributed by atoms with Crippen LogP contribution in [-0.4, -0.2) is 73.6 Å². The van der Waals surface area contributed by atoms with Gasteiger partial charge >= 0.3 is 13.7 Å². The minimum atomic E-state index is -4.66. The Balaban J connectivity index is 1.62. The van der Waals surface area contributed by atoms with Gasteiger partial charge < -0.3 is 24.8 Å². The lowest BCUT2D eigenvalue weighted by Crippen LogP contribution is -2.52. The van der Waals surface area contributed by atoms with E-state index in [1.165, 1.54) is 19.1 Å². The van der Waals surface area contributed by atoms with Crippen LogP contribution in [0.5, 0.6) is 5.75 Å². The zero-order valence-corrected chi connectivity index (χ0v) is 22.5. The van der Waals surface area contributed by atoms with Crippen molar-refractivity contribution in [3.8, 4) is 5.75 Å². The molecule has 218 valence electrons. The molecule has 1 saturated heterocycles. The van der Waals surface area contributed by atoms with Gasteiger partial charge in [-0.15, -0.1) is 0 Å². The molecule has 1 aromatic carbocycles. The van der Waals surface area contributed by atoms with Crippen LogP contribution in [0.3, 0.4) is 0 Å². The maximum atomic E-state index is 15.4. The highest BCUT2D eigenvalue weighted by molar-refractivity contribution is 7.52. The molecule has 1 fully saturated rings. The van der Waals surface area contributed by atoms with Crippen molar-refractivity contribution in [3.63, 3.8) is 0 Å². The summed E-state index contributed by atoms with van der Waals surface area (Å²) in [4.78, 5) is 24.0. The Morgan fingerprint density at radius 2 is 1.95 bits per heavy atom. The minimum absolute atomic E-state index is 0.00477. The zero-order valence-electron chi connectivity index (χ0n) is 21.6. The van der Waals surface area contributed by atoms with Gasteiger partial charge in [-0.3, -0.25) is 13.9 Å². The number of rotatable bonds is 11. The number of ether oxygens (including phenoxy) is 2. The van der Waals surface area contributed by atoms with Crippen LogP contribution in [0.1, 0.15) is 27.0 Å². The summed E-state index contributed by atoms with van der Waals surface area (Å²) in [5.74, 6) is -0.866. The molecule has 6 atom stereocenters. The third-order valence-electron chi connectivity index (χ3n) is 5.93. The number of aliphatic hydroxyl groups excluding tert-OH is 1. The topological polar surface area (TPSA) is 173 Å². The quantitative estimate of drug-likeness (QED) is 0.221. The number of alkyl halides is 3. The normalized spacial score (nSPS) is 25.3. The van der Waals surface area contributed by atoms with Crippen molar-refractivity contribution in [3.05, 3.63) is 43.0 Å². The number of nitrogen functional groups attached to an aromatic ring is 1. The fraction of sp³-hybridized carbons (Fsp3) is 0.478. The number of aliphatic hydroxyl groups is 1. The molecule has 3 heterocycles. The fourth-order valence-electron chi connectivity index (χ4n) is 3.93. The molecule has 0 aliphatic carbocycles. The van der Waals surface area contributed by atoms with Gasteiger partial charge in [-0.2, -0.15) is 5.09 Å². The monoisotopic (exact) mass is 588 g/mol. The SMILES string of the molecule is CC(C)OC(=O)C(C)NP(=O)(OCC1(C(F)F)OC(n2cnc3c(N)ncnc32)C(F)C1O)Oc1ccccc1. The molecule has 0 bridgehead atoms.